The van der Waals surface area contributed by atoms with Crippen LogP contribution in [-0.4, -0.2) is 57.5 Å². The molecular formula is C9H20N2O2S. The molecule has 14 heavy (non-hydrogen) atoms. The van der Waals surface area contributed by atoms with Gasteiger partial charge in [-0.2, -0.15) is 0 Å². The molecule has 1 unspecified atom stereocenters. The predicted molar refractivity (Wildman–Crippen MR) is 58.2 cm³/mol. The van der Waals surface area contributed by atoms with E-state index in [0.29, 0.717) is 12.6 Å². The molecule has 0 amide bonds. The molecule has 1 aliphatic rings. The summed E-state index contributed by atoms with van der Waals surface area (Å²) in [6.45, 7) is 4.43. The van der Waals surface area contributed by atoms with Crippen LogP contribution in [0.2, 0.25) is 0 Å². The number of nitrogens with zero attached hydrogens (tertiary/aromatic N) is 1. The fourth-order valence-corrected chi connectivity index (χ4v) is 2.38. The third-order valence-corrected chi connectivity index (χ3v) is 4.38. The molecule has 4 nitrogen and oxygen atoms in total. The van der Waals surface area contributed by atoms with E-state index in [2.05, 4.69) is 17.3 Å². The molecule has 0 aromatic heterocycles. The maximum Gasteiger partial charge on any atom is 0.151 e. The number of hydrogen-bond donors (Lipinski definition) is 1. The van der Waals surface area contributed by atoms with Crippen LogP contribution in [0.3, 0.4) is 0 Å². The van der Waals surface area contributed by atoms with Crippen LogP contribution in [0.15, 0.2) is 0 Å². The monoisotopic (exact) mass is 220 g/mol. The highest BCUT2D eigenvalue weighted by atomic mass is 32.2. The van der Waals surface area contributed by atoms with Gasteiger partial charge in [0.2, 0.25) is 0 Å². The van der Waals surface area contributed by atoms with Crippen molar-refractivity contribution in [2.75, 3.05) is 38.2 Å². The van der Waals surface area contributed by atoms with Crippen LogP contribution >= 0.6 is 0 Å². The summed E-state index contributed by atoms with van der Waals surface area (Å²) in [6.07, 6.45) is 1.13. The maximum absolute atomic E-state index is 11.2. The number of rotatable bonds is 5. The highest BCUT2D eigenvalue weighted by molar-refractivity contribution is 7.91. The normalized spacial score (nSPS) is 24.3. The van der Waals surface area contributed by atoms with Crippen molar-refractivity contribution in [1.82, 2.24) is 10.2 Å². The first-order chi connectivity index (χ1) is 6.53. The van der Waals surface area contributed by atoms with Crippen LogP contribution in [0.4, 0.5) is 0 Å². The van der Waals surface area contributed by atoms with E-state index in [1.54, 1.807) is 6.92 Å². The number of nitrogens with one attached hydrogen (secondary N) is 1. The Kier molecular flexibility index (Phi) is 4.34. The van der Waals surface area contributed by atoms with Crippen LogP contribution in [-0.2, 0) is 9.84 Å². The van der Waals surface area contributed by atoms with E-state index in [-0.39, 0.29) is 11.5 Å². The minimum atomic E-state index is -2.80. The summed E-state index contributed by atoms with van der Waals surface area (Å²) in [4.78, 5) is 2.26. The van der Waals surface area contributed by atoms with Crippen molar-refractivity contribution in [3.8, 4) is 0 Å². The van der Waals surface area contributed by atoms with E-state index in [0.717, 1.165) is 19.5 Å². The molecule has 0 spiro atoms. The van der Waals surface area contributed by atoms with Crippen molar-refractivity contribution < 1.29 is 8.42 Å². The van der Waals surface area contributed by atoms with Crippen LogP contribution in [0.25, 0.3) is 0 Å². The molecule has 0 aromatic carbocycles. The average Bonchev–Trinajstić information content (AvgIpc) is 2.51. The highest BCUT2D eigenvalue weighted by Crippen LogP contribution is 2.05. The average molecular weight is 220 g/mol. The summed E-state index contributed by atoms with van der Waals surface area (Å²) >= 11 is 0. The van der Waals surface area contributed by atoms with Gasteiger partial charge in [-0.25, -0.2) is 8.42 Å². The van der Waals surface area contributed by atoms with Gasteiger partial charge in [0.25, 0.3) is 0 Å². The minimum absolute atomic E-state index is 0.249. The van der Waals surface area contributed by atoms with E-state index >= 15 is 0 Å². The van der Waals surface area contributed by atoms with Gasteiger partial charge < -0.3 is 10.2 Å². The summed E-state index contributed by atoms with van der Waals surface area (Å²) in [5.74, 6) is 0.517. The number of likely N-dealkylation sites (N-methyl/N-ethyl adjacent to an activating group) is 1. The molecule has 0 saturated carbocycles. The van der Waals surface area contributed by atoms with Crippen molar-refractivity contribution in [3.63, 3.8) is 0 Å². The van der Waals surface area contributed by atoms with Crippen LogP contribution in [0, 0.1) is 0 Å². The summed E-state index contributed by atoms with van der Waals surface area (Å²) in [5.41, 5.74) is 0. The number of sulfone groups is 1. The Labute approximate surface area is 86.6 Å². The Morgan fingerprint density at radius 1 is 1.50 bits per heavy atom. The lowest BCUT2D eigenvalue weighted by Gasteiger charge is -2.12. The van der Waals surface area contributed by atoms with Crippen molar-refractivity contribution in [2.24, 2.45) is 0 Å². The van der Waals surface area contributed by atoms with Crippen molar-refractivity contribution in [2.45, 2.75) is 19.4 Å². The van der Waals surface area contributed by atoms with Crippen LogP contribution in [0.5, 0.6) is 0 Å². The molecule has 1 rings (SSSR count). The third kappa shape index (κ3) is 3.94. The molecule has 84 valence electrons. The Bertz CT molecular complexity index is 264. The second-order valence-corrected chi connectivity index (χ2v) is 6.41. The summed E-state index contributed by atoms with van der Waals surface area (Å²) in [5, 5.41) is 3.28. The van der Waals surface area contributed by atoms with Gasteiger partial charge in [0.05, 0.1) is 5.75 Å². The van der Waals surface area contributed by atoms with Crippen molar-refractivity contribution >= 4 is 9.84 Å². The Balaban J connectivity index is 2.16. The van der Waals surface area contributed by atoms with Gasteiger partial charge in [0.15, 0.2) is 9.84 Å². The Morgan fingerprint density at radius 2 is 2.21 bits per heavy atom. The highest BCUT2D eigenvalue weighted by Gasteiger charge is 2.18. The quantitative estimate of drug-likeness (QED) is 0.692. The van der Waals surface area contributed by atoms with E-state index in [4.69, 9.17) is 0 Å². The molecule has 5 heteroatoms. The van der Waals surface area contributed by atoms with E-state index in [1.807, 2.05) is 0 Å². The molecule has 1 aliphatic heterocycles. The lowest BCUT2D eigenvalue weighted by molar-refractivity contribution is 0.400. The van der Waals surface area contributed by atoms with Gasteiger partial charge >= 0.3 is 0 Å². The first-order valence-corrected chi connectivity index (χ1v) is 6.98. The number of hydrogen-bond acceptors (Lipinski definition) is 4. The summed E-state index contributed by atoms with van der Waals surface area (Å²) in [6, 6.07) is 0.479. The van der Waals surface area contributed by atoms with Gasteiger partial charge in [0, 0.05) is 24.9 Å². The topological polar surface area (TPSA) is 49.4 Å². The van der Waals surface area contributed by atoms with Crippen molar-refractivity contribution in [3.05, 3.63) is 0 Å². The zero-order valence-corrected chi connectivity index (χ0v) is 9.81. The van der Waals surface area contributed by atoms with Gasteiger partial charge in [-0.1, -0.05) is 6.92 Å². The minimum Gasteiger partial charge on any atom is -0.312 e. The SMILES string of the molecule is CCS(=O)(=O)CCNC1CCN(C)C1. The van der Waals surface area contributed by atoms with Crippen molar-refractivity contribution in [1.29, 1.82) is 0 Å². The Morgan fingerprint density at radius 3 is 2.71 bits per heavy atom. The largest absolute Gasteiger partial charge is 0.312 e. The molecule has 1 fully saturated rings. The van der Waals surface area contributed by atoms with E-state index in [1.165, 1.54) is 0 Å². The standard InChI is InChI=1S/C9H20N2O2S/c1-3-14(12,13)7-5-10-9-4-6-11(2)8-9/h9-10H,3-8H2,1-2H3. The second kappa shape index (κ2) is 5.09. The maximum atomic E-state index is 11.2. The lowest BCUT2D eigenvalue weighted by Crippen LogP contribution is -2.35. The summed E-state index contributed by atoms with van der Waals surface area (Å²) in [7, 11) is -0.713. The molecule has 1 atom stereocenters. The van der Waals surface area contributed by atoms with E-state index in [9.17, 15) is 8.42 Å². The van der Waals surface area contributed by atoms with Crippen LogP contribution < -0.4 is 5.32 Å². The molecule has 0 bridgehead atoms. The number of likely N-dealkylation sites (tertiary alicyclic amines) is 1. The molecule has 1 N–H and O–H groups in total. The first kappa shape index (κ1) is 11.9. The van der Waals surface area contributed by atoms with Gasteiger partial charge in [-0.3, -0.25) is 0 Å². The molecular weight excluding hydrogens is 200 g/mol. The van der Waals surface area contributed by atoms with Crippen LogP contribution in [0.1, 0.15) is 13.3 Å². The zero-order chi connectivity index (χ0) is 10.6. The fourth-order valence-electron chi connectivity index (χ4n) is 1.66. The van der Waals surface area contributed by atoms with Gasteiger partial charge in [0.1, 0.15) is 0 Å². The van der Waals surface area contributed by atoms with E-state index < -0.39 is 9.84 Å². The third-order valence-electron chi connectivity index (χ3n) is 2.68. The molecule has 0 aromatic rings. The molecule has 1 saturated heterocycles. The lowest BCUT2D eigenvalue weighted by atomic mass is 10.3. The first-order valence-electron chi connectivity index (χ1n) is 5.16. The smallest absolute Gasteiger partial charge is 0.151 e. The molecule has 0 radical (unpaired) electrons. The Hall–Kier alpha value is -0.130. The van der Waals surface area contributed by atoms with Gasteiger partial charge in [-0.15, -0.1) is 0 Å². The second-order valence-electron chi connectivity index (χ2n) is 3.94. The summed E-state index contributed by atoms with van der Waals surface area (Å²) < 4.78 is 22.4. The van der Waals surface area contributed by atoms with Gasteiger partial charge in [-0.05, 0) is 20.0 Å². The molecule has 0 aliphatic carbocycles. The fraction of sp³-hybridized carbons (Fsp3) is 1.00. The zero-order valence-electron chi connectivity index (χ0n) is 8.99. The molecule has 1 heterocycles. The predicted octanol–water partition coefficient (Wildman–Crippen LogP) is -0.285.